The van der Waals surface area contributed by atoms with Crippen molar-refractivity contribution >= 4 is 0 Å². The lowest BCUT2D eigenvalue weighted by Crippen LogP contribution is -2.32. The Labute approximate surface area is 63.0 Å². The molecule has 0 N–H and O–H groups in total. The molecule has 3 fully saturated rings. The first kappa shape index (κ1) is 5.62. The van der Waals surface area contributed by atoms with Gasteiger partial charge in [-0.05, 0) is 41.9 Å². The van der Waals surface area contributed by atoms with Gasteiger partial charge in [-0.25, -0.2) is 0 Å². The Bertz CT molecular complexity index is 184. The lowest BCUT2D eigenvalue weighted by molar-refractivity contribution is 0.105. The van der Waals surface area contributed by atoms with Crippen LogP contribution in [0.25, 0.3) is 0 Å². The minimum atomic E-state index is 0.848. The van der Waals surface area contributed by atoms with E-state index in [1.807, 2.05) is 0 Å². The van der Waals surface area contributed by atoms with Crippen LogP contribution in [0, 0.1) is 29.1 Å². The monoisotopic (exact) mass is 136 g/mol. The molecule has 0 aliphatic heterocycles. The maximum atomic E-state index is 2.52. The summed E-state index contributed by atoms with van der Waals surface area (Å²) in [5, 5.41) is 0. The summed E-state index contributed by atoms with van der Waals surface area (Å²) in [4.78, 5) is 0. The maximum absolute atomic E-state index is 2.52. The van der Waals surface area contributed by atoms with E-state index >= 15 is 0 Å². The summed E-state index contributed by atoms with van der Waals surface area (Å²) < 4.78 is 0. The second-order valence-corrected chi connectivity index (χ2v) is 4.88. The Hall–Kier alpha value is 0. The van der Waals surface area contributed by atoms with E-state index in [9.17, 15) is 0 Å². The van der Waals surface area contributed by atoms with Gasteiger partial charge in [-0.1, -0.05) is 20.3 Å². The molecule has 10 heavy (non-hydrogen) atoms. The molecule has 0 spiro atoms. The lowest BCUT2D eigenvalue weighted by Gasteiger charge is -2.37. The van der Waals surface area contributed by atoms with E-state index in [1.165, 1.54) is 18.3 Å². The second kappa shape index (κ2) is 1.31. The highest BCUT2D eigenvalue weighted by Crippen LogP contribution is 2.81. The molecule has 3 saturated carbocycles. The van der Waals surface area contributed by atoms with Crippen LogP contribution >= 0.6 is 0 Å². The van der Waals surface area contributed by atoms with Gasteiger partial charge in [0, 0.05) is 0 Å². The van der Waals surface area contributed by atoms with Crippen LogP contribution in [0.3, 0.4) is 0 Å². The van der Waals surface area contributed by atoms with Crippen LogP contribution in [-0.2, 0) is 0 Å². The summed E-state index contributed by atoms with van der Waals surface area (Å²) >= 11 is 0. The molecule has 0 aromatic carbocycles. The highest BCUT2D eigenvalue weighted by atomic mass is 14.8. The molecule has 2 unspecified atom stereocenters. The number of hydrogen-bond acceptors (Lipinski definition) is 0. The molecule has 0 aromatic rings. The quantitative estimate of drug-likeness (QED) is 0.480. The van der Waals surface area contributed by atoms with Crippen LogP contribution in [0.2, 0.25) is 0 Å². The van der Waals surface area contributed by atoms with Crippen molar-refractivity contribution < 1.29 is 0 Å². The molecule has 0 nitrogen and oxygen atoms in total. The van der Waals surface area contributed by atoms with E-state index in [1.54, 1.807) is 12.8 Å². The van der Waals surface area contributed by atoms with E-state index in [4.69, 9.17) is 0 Å². The third kappa shape index (κ3) is 0.339. The zero-order valence-electron chi connectivity index (χ0n) is 6.93. The Balaban J connectivity index is 1.93. The lowest BCUT2D eigenvalue weighted by atomic mass is 9.67. The minimum Gasteiger partial charge on any atom is -0.0617 e. The summed E-state index contributed by atoms with van der Waals surface area (Å²) in [5.74, 6) is 4.59. The van der Waals surface area contributed by atoms with Crippen LogP contribution in [0.1, 0.15) is 33.1 Å². The molecule has 0 heterocycles. The van der Waals surface area contributed by atoms with Crippen LogP contribution in [0.5, 0.6) is 0 Å². The van der Waals surface area contributed by atoms with Gasteiger partial charge < -0.3 is 0 Å². The Morgan fingerprint density at radius 2 is 2.10 bits per heavy atom. The largest absolute Gasteiger partial charge is 0.0617 e. The molecule has 5 atom stereocenters. The fraction of sp³-hybridized carbons (Fsp3) is 1.00. The summed E-state index contributed by atoms with van der Waals surface area (Å²) in [6, 6.07) is 0. The molecule has 3 aliphatic carbocycles. The van der Waals surface area contributed by atoms with Crippen molar-refractivity contribution in [3.05, 3.63) is 0 Å². The average molecular weight is 136 g/mol. The summed E-state index contributed by atoms with van der Waals surface area (Å²) in [6.07, 6.45) is 4.66. The third-order valence-corrected chi connectivity index (χ3v) is 4.96. The molecular weight excluding hydrogens is 120 g/mol. The Morgan fingerprint density at radius 1 is 1.30 bits per heavy atom. The van der Waals surface area contributed by atoms with Crippen LogP contribution in [0.4, 0.5) is 0 Å². The molecule has 3 aliphatic rings. The summed E-state index contributed by atoms with van der Waals surface area (Å²) in [6.45, 7) is 4.98. The number of fused-ring (bicyclic) bond motifs is 4. The van der Waals surface area contributed by atoms with Gasteiger partial charge in [0.25, 0.3) is 0 Å². The summed E-state index contributed by atoms with van der Waals surface area (Å²) in [7, 11) is 0. The predicted molar refractivity (Wildman–Crippen MR) is 41.6 cm³/mol. The van der Waals surface area contributed by atoms with Crippen molar-refractivity contribution in [2.45, 2.75) is 33.1 Å². The SMILES string of the molecule is C[C@H]1[C@H]2[C@@H]3CCCC3C21C. The fourth-order valence-electron chi connectivity index (χ4n) is 4.28. The topological polar surface area (TPSA) is 0 Å². The van der Waals surface area contributed by atoms with Crippen LogP contribution in [-0.4, -0.2) is 0 Å². The van der Waals surface area contributed by atoms with Crippen molar-refractivity contribution in [2.24, 2.45) is 29.1 Å². The highest BCUT2D eigenvalue weighted by molar-refractivity contribution is 5.23. The molecule has 0 heteroatoms. The first-order chi connectivity index (χ1) is 4.76. The second-order valence-electron chi connectivity index (χ2n) is 4.88. The standard InChI is InChI=1S/C10H16/c1-6-9-7-4-3-5-8(7)10(6,9)2/h6-9H,3-5H2,1-2H3/t6-,7+,8?,9-,10?/m0/s1. The third-order valence-electron chi connectivity index (χ3n) is 4.96. The van der Waals surface area contributed by atoms with Crippen LogP contribution in [0.15, 0.2) is 0 Å². The van der Waals surface area contributed by atoms with Gasteiger partial charge in [0.1, 0.15) is 0 Å². The molecule has 0 aromatic heterocycles. The first-order valence-electron chi connectivity index (χ1n) is 4.76. The Morgan fingerprint density at radius 3 is 2.80 bits per heavy atom. The van der Waals surface area contributed by atoms with Gasteiger partial charge in [-0.15, -0.1) is 0 Å². The zero-order chi connectivity index (χ0) is 6.93. The van der Waals surface area contributed by atoms with Crippen molar-refractivity contribution in [2.75, 3.05) is 0 Å². The Kier molecular flexibility index (Phi) is 0.735. The van der Waals surface area contributed by atoms with E-state index in [0.29, 0.717) is 0 Å². The predicted octanol–water partition coefficient (Wildman–Crippen LogP) is 2.69. The normalized spacial score (nSPS) is 70.2. The number of hydrogen-bond donors (Lipinski definition) is 0. The smallest absolute Gasteiger partial charge is 0.0232 e. The van der Waals surface area contributed by atoms with Gasteiger partial charge in [-0.3, -0.25) is 0 Å². The first-order valence-corrected chi connectivity index (χ1v) is 4.76. The van der Waals surface area contributed by atoms with Gasteiger partial charge in [0.2, 0.25) is 0 Å². The minimum absolute atomic E-state index is 0.848. The van der Waals surface area contributed by atoms with Gasteiger partial charge in [0.15, 0.2) is 0 Å². The van der Waals surface area contributed by atoms with Crippen molar-refractivity contribution in [3.63, 3.8) is 0 Å². The van der Waals surface area contributed by atoms with Crippen LogP contribution < -0.4 is 0 Å². The molecule has 0 saturated heterocycles. The molecule has 0 bridgehead atoms. The van der Waals surface area contributed by atoms with Gasteiger partial charge in [0.05, 0.1) is 0 Å². The highest BCUT2D eigenvalue weighted by Gasteiger charge is 2.76. The molecule has 56 valence electrons. The van der Waals surface area contributed by atoms with Crippen molar-refractivity contribution in [1.29, 1.82) is 0 Å². The van der Waals surface area contributed by atoms with E-state index < -0.39 is 0 Å². The maximum Gasteiger partial charge on any atom is -0.0232 e. The molecule has 0 radical (unpaired) electrons. The summed E-state index contributed by atoms with van der Waals surface area (Å²) in [5.41, 5.74) is 0.848. The average Bonchev–Trinajstić information content (AvgIpc) is 2.35. The number of rotatable bonds is 0. The molecule has 3 rings (SSSR count). The van der Waals surface area contributed by atoms with Gasteiger partial charge in [-0.2, -0.15) is 0 Å². The fourth-order valence-corrected chi connectivity index (χ4v) is 4.28. The van der Waals surface area contributed by atoms with Gasteiger partial charge >= 0.3 is 0 Å². The van der Waals surface area contributed by atoms with E-state index in [0.717, 1.165) is 17.3 Å². The molecule has 0 amide bonds. The van der Waals surface area contributed by atoms with E-state index in [2.05, 4.69) is 13.8 Å². The van der Waals surface area contributed by atoms with E-state index in [-0.39, 0.29) is 0 Å². The zero-order valence-corrected chi connectivity index (χ0v) is 6.93. The molecular formula is C10H16. The van der Waals surface area contributed by atoms with Crippen molar-refractivity contribution in [1.82, 2.24) is 0 Å². The van der Waals surface area contributed by atoms with Crippen molar-refractivity contribution in [3.8, 4) is 0 Å².